The van der Waals surface area contributed by atoms with E-state index in [1.165, 1.54) is 12.8 Å². The van der Waals surface area contributed by atoms with Crippen LogP contribution in [-0.4, -0.2) is 25.2 Å². The molecule has 0 saturated carbocycles. The van der Waals surface area contributed by atoms with Gasteiger partial charge in [0.1, 0.15) is 0 Å². The van der Waals surface area contributed by atoms with Crippen molar-refractivity contribution in [2.75, 3.05) is 13.1 Å². The van der Waals surface area contributed by atoms with E-state index in [1.807, 2.05) is 0 Å². The molecule has 0 aromatic rings. The zero-order chi connectivity index (χ0) is 11.0. The van der Waals surface area contributed by atoms with Crippen molar-refractivity contribution in [1.82, 2.24) is 10.6 Å². The van der Waals surface area contributed by atoms with Gasteiger partial charge >= 0.3 is 0 Å². The molecule has 86 valence electrons. The van der Waals surface area contributed by atoms with E-state index >= 15 is 0 Å². The minimum Gasteiger partial charge on any atom is -0.313 e. The van der Waals surface area contributed by atoms with Crippen LogP contribution in [0.3, 0.4) is 0 Å². The lowest BCUT2D eigenvalue weighted by Gasteiger charge is -2.20. The summed E-state index contributed by atoms with van der Waals surface area (Å²) in [6, 6.07) is 1.17. The first-order chi connectivity index (χ1) is 6.60. The first-order valence-corrected chi connectivity index (χ1v) is 6.06. The molecule has 0 aliphatic heterocycles. The molecular weight excluding hydrogens is 172 g/mol. The average Bonchev–Trinajstić information content (AvgIpc) is 2.16. The molecule has 0 aromatic carbocycles. The third-order valence-corrected chi connectivity index (χ3v) is 2.74. The molecule has 0 aliphatic rings. The summed E-state index contributed by atoms with van der Waals surface area (Å²) in [6.45, 7) is 13.4. The second-order valence-electron chi connectivity index (χ2n) is 4.55. The van der Waals surface area contributed by atoms with Gasteiger partial charge in [-0.3, -0.25) is 0 Å². The molecule has 2 nitrogen and oxygen atoms in total. The van der Waals surface area contributed by atoms with E-state index in [0.29, 0.717) is 12.1 Å². The highest BCUT2D eigenvalue weighted by atomic mass is 15.0. The SMILES string of the molecule is CCC(CC)CNC(C)CNC(C)C. The Hall–Kier alpha value is -0.0800. The van der Waals surface area contributed by atoms with Crippen LogP contribution in [0.15, 0.2) is 0 Å². The fraction of sp³-hybridized carbons (Fsp3) is 1.00. The quantitative estimate of drug-likeness (QED) is 0.629. The van der Waals surface area contributed by atoms with E-state index in [4.69, 9.17) is 0 Å². The van der Waals surface area contributed by atoms with E-state index in [9.17, 15) is 0 Å². The normalized spacial score (nSPS) is 13.9. The number of hydrogen-bond donors (Lipinski definition) is 2. The van der Waals surface area contributed by atoms with Crippen LogP contribution in [0.1, 0.15) is 47.5 Å². The molecule has 0 radical (unpaired) electrons. The second-order valence-corrected chi connectivity index (χ2v) is 4.55. The van der Waals surface area contributed by atoms with E-state index in [2.05, 4.69) is 45.3 Å². The molecule has 1 unspecified atom stereocenters. The molecule has 0 fully saturated rings. The van der Waals surface area contributed by atoms with Crippen molar-refractivity contribution in [2.45, 2.75) is 59.5 Å². The fourth-order valence-electron chi connectivity index (χ4n) is 1.43. The molecule has 1 atom stereocenters. The third-order valence-electron chi connectivity index (χ3n) is 2.74. The van der Waals surface area contributed by atoms with Crippen LogP contribution in [0.5, 0.6) is 0 Å². The average molecular weight is 200 g/mol. The van der Waals surface area contributed by atoms with Crippen molar-refractivity contribution in [3.05, 3.63) is 0 Å². The van der Waals surface area contributed by atoms with Crippen molar-refractivity contribution >= 4 is 0 Å². The molecule has 0 bridgehead atoms. The van der Waals surface area contributed by atoms with Crippen LogP contribution in [-0.2, 0) is 0 Å². The minimum absolute atomic E-state index is 0.581. The predicted octanol–water partition coefficient (Wildman–Crippen LogP) is 2.40. The molecule has 0 aromatic heterocycles. The second kappa shape index (κ2) is 8.25. The molecule has 0 saturated heterocycles. The maximum absolute atomic E-state index is 3.58. The Balaban J connectivity index is 3.46. The molecule has 14 heavy (non-hydrogen) atoms. The monoisotopic (exact) mass is 200 g/mol. The molecule has 0 amide bonds. The number of rotatable bonds is 8. The Morgan fingerprint density at radius 3 is 1.86 bits per heavy atom. The largest absolute Gasteiger partial charge is 0.313 e. The van der Waals surface area contributed by atoms with Crippen molar-refractivity contribution in [2.24, 2.45) is 5.92 Å². The summed E-state index contributed by atoms with van der Waals surface area (Å²) in [6.07, 6.45) is 2.57. The zero-order valence-electron chi connectivity index (χ0n) is 10.6. The van der Waals surface area contributed by atoms with Crippen LogP contribution in [0, 0.1) is 5.92 Å². The van der Waals surface area contributed by atoms with Crippen LogP contribution in [0.2, 0.25) is 0 Å². The Bertz CT molecular complexity index is 119. The maximum atomic E-state index is 3.58. The van der Waals surface area contributed by atoms with Crippen LogP contribution in [0.4, 0.5) is 0 Å². The third kappa shape index (κ3) is 7.34. The van der Waals surface area contributed by atoms with Gasteiger partial charge in [-0.2, -0.15) is 0 Å². The molecule has 0 rings (SSSR count). The summed E-state index contributed by atoms with van der Waals surface area (Å²) in [7, 11) is 0. The van der Waals surface area contributed by atoms with Crippen molar-refractivity contribution in [3.63, 3.8) is 0 Å². The summed E-state index contributed by atoms with van der Waals surface area (Å²) in [4.78, 5) is 0. The van der Waals surface area contributed by atoms with Gasteiger partial charge in [-0.25, -0.2) is 0 Å². The standard InChI is InChI=1S/C12H28N2/c1-6-12(7-2)9-14-11(5)8-13-10(3)4/h10-14H,6-9H2,1-5H3. The smallest absolute Gasteiger partial charge is 0.0164 e. The summed E-state index contributed by atoms with van der Waals surface area (Å²) >= 11 is 0. The molecular formula is C12H28N2. The fourth-order valence-corrected chi connectivity index (χ4v) is 1.43. The van der Waals surface area contributed by atoms with Gasteiger partial charge in [-0.15, -0.1) is 0 Å². The van der Waals surface area contributed by atoms with Crippen LogP contribution < -0.4 is 10.6 Å². The van der Waals surface area contributed by atoms with Gasteiger partial charge in [0, 0.05) is 18.6 Å². The first kappa shape index (κ1) is 13.9. The Kier molecular flexibility index (Phi) is 8.20. The Labute approximate surface area is 89.9 Å². The van der Waals surface area contributed by atoms with Crippen molar-refractivity contribution in [3.8, 4) is 0 Å². The summed E-state index contributed by atoms with van der Waals surface area (Å²) in [5.41, 5.74) is 0. The van der Waals surface area contributed by atoms with Crippen molar-refractivity contribution in [1.29, 1.82) is 0 Å². The van der Waals surface area contributed by atoms with E-state index in [0.717, 1.165) is 19.0 Å². The predicted molar refractivity (Wildman–Crippen MR) is 64.7 cm³/mol. The van der Waals surface area contributed by atoms with Gasteiger partial charge < -0.3 is 10.6 Å². The van der Waals surface area contributed by atoms with Gasteiger partial charge in [0.25, 0.3) is 0 Å². The van der Waals surface area contributed by atoms with E-state index in [-0.39, 0.29) is 0 Å². The molecule has 0 aliphatic carbocycles. The topological polar surface area (TPSA) is 24.1 Å². The van der Waals surface area contributed by atoms with Gasteiger partial charge in [-0.05, 0) is 19.4 Å². The minimum atomic E-state index is 0.581. The van der Waals surface area contributed by atoms with Crippen molar-refractivity contribution < 1.29 is 0 Å². The highest BCUT2D eigenvalue weighted by Crippen LogP contribution is 2.05. The molecule has 2 heteroatoms. The lowest BCUT2D eigenvalue weighted by atomic mass is 10.0. The summed E-state index contributed by atoms with van der Waals surface area (Å²) in [5.74, 6) is 0.844. The highest BCUT2D eigenvalue weighted by Gasteiger charge is 2.06. The Morgan fingerprint density at radius 1 is 0.857 bits per heavy atom. The van der Waals surface area contributed by atoms with Crippen LogP contribution >= 0.6 is 0 Å². The molecule has 0 heterocycles. The number of hydrogen-bond acceptors (Lipinski definition) is 2. The lowest BCUT2D eigenvalue weighted by Crippen LogP contribution is -2.40. The maximum Gasteiger partial charge on any atom is 0.0164 e. The van der Waals surface area contributed by atoms with E-state index in [1.54, 1.807) is 0 Å². The van der Waals surface area contributed by atoms with Gasteiger partial charge in [-0.1, -0.05) is 40.5 Å². The highest BCUT2D eigenvalue weighted by molar-refractivity contribution is 4.68. The van der Waals surface area contributed by atoms with Crippen LogP contribution in [0.25, 0.3) is 0 Å². The van der Waals surface area contributed by atoms with E-state index < -0.39 is 0 Å². The van der Waals surface area contributed by atoms with Gasteiger partial charge in [0.2, 0.25) is 0 Å². The first-order valence-electron chi connectivity index (χ1n) is 6.06. The molecule has 0 spiro atoms. The number of nitrogens with one attached hydrogen (secondary N) is 2. The van der Waals surface area contributed by atoms with Gasteiger partial charge in [0.05, 0.1) is 0 Å². The Morgan fingerprint density at radius 2 is 1.43 bits per heavy atom. The lowest BCUT2D eigenvalue weighted by molar-refractivity contribution is 0.400. The van der Waals surface area contributed by atoms with Gasteiger partial charge in [0.15, 0.2) is 0 Å². The summed E-state index contributed by atoms with van der Waals surface area (Å²) < 4.78 is 0. The zero-order valence-corrected chi connectivity index (χ0v) is 10.6. The molecule has 2 N–H and O–H groups in total. The summed E-state index contributed by atoms with van der Waals surface area (Å²) in [5, 5.41) is 7.02.